The zero-order chi connectivity index (χ0) is 27.7. The van der Waals surface area contributed by atoms with Crippen LogP contribution in [-0.2, 0) is 17.5 Å². The van der Waals surface area contributed by atoms with Crippen LogP contribution in [0.15, 0.2) is 47.3 Å². The van der Waals surface area contributed by atoms with Gasteiger partial charge in [0.05, 0.1) is 18.7 Å². The molecule has 3 heterocycles. The molecule has 5 rings (SSSR count). The fourth-order valence-corrected chi connectivity index (χ4v) is 5.25. The van der Waals surface area contributed by atoms with Gasteiger partial charge >= 0.3 is 6.18 Å². The number of piperazine rings is 1. The van der Waals surface area contributed by atoms with Gasteiger partial charge < -0.3 is 14.6 Å². The highest BCUT2D eigenvalue weighted by Gasteiger charge is 2.34. The van der Waals surface area contributed by atoms with Crippen LogP contribution in [0, 0.1) is 13.8 Å². The minimum Gasteiger partial charge on any atom is -0.383 e. The van der Waals surface area contributed by atoms with Crippen molar-refractivity contribution >= 4 is 16.6 Å². The van der Waals surface area contributed by atoms with E-state index < -0.39 is 17.8 Å². The van der Waals surface area contributed by atoms with E-state index in [4.69, 9.17) is 4.74 Å². The van der Waals surface area contributed by atoms with Crippen molar-refractivity contribution in [2.45, 2.75) is 32.6 Å². The lowest BCUT2D eigenvalue weighted by molar-refractivity contribution is -0.137. The van der Waals surface area contributed by atoms with Crippen molar-refractivity contribution < 1.29 is 17.9 Å². The van der Waals surface area contributed by atoms with Crippen molar-refractivity contribution in [2.75, 3.05) is 44.8 Å². The molecule has 39 heavy (non-hydrogen) atoms. The van der Waals surface area contributed by atoms with E-state index in [1.54, 1.807) is 17.9 Å². The number of aromatic amines is 1. The number of anilines is 1. The lowest BCUT2D eigenvalue weighted by atomic mass is 9.99. The Labute approximate surface area is 223 Å². The van der Waals surface area contributed by atoms with Crippen LogP contribution < -0.4 is 10.5 Å². The Bertz CT molecular complexity index is 1520. The van der Waals surface area contributed by atoms with Gasteiger partial charge in [-0.1, -0.05) is 12.1 Å². The monoisotopic (exact) mass is 541 g/mol. The Morgan fingerprint density at radius 1 is 1.08 bits per heavy atom. The van der Waals surface area contributed by atoms with Gasteiger partial charge in [-0.05, 0) is 65.7 Å². The molecular weight excluding hydrogens is 511 g/mol. The molecule has 0 unspecified atom stereocenters. The SMILES string of the molecule is COCCn1nnnc1[C@@H](c1cc2c(C)cc(C)cc2[nH]c1=O)N1CCN(c2cccc(C(F)(F)F)c2)CC1. The number of methoxy groups -OCH3 is 1. The number of benzene rings is 2. The first-order valence-electron chi connectivity index (χ1n) is 12.7. The molecule has 0 amide bonds. The Morgan fingerprint density at radius 2 is 1.85 bits per heavy atom. The summed E-state index contributed by atoms with van der Waals surface area (Å²) < 4.78 is 46.7. The Morgan fingerprint density at radius 3 is 2.56 bits per heavy atom. The molecule has 206 valence electrons. The van der Waals surface area contributed by atoms with Gasteiger partial charge in [-0.3, -0.25) is 9.69 Å². The normalized spacial score (nSPS) is 15.7. The summed E-state index contributed by atoms with van der Waals surface area (Å²) in [7, 11) is 1.59. The van der Waals surface area contributed by atoms with Crippen LogP contribution in [0.2, 0.25) is 0 Å². The third-order valence-electron chi connectivity index (χ3n) is 7.17. The quantitative estimate of drug-likeness (QED) is 0.381. The number of halogens is 3. The van der Waals surface area contributed by atoms with Gasteiger partial charge in [0, 0.05) is 55.4 Å². The van der Waals surface area contributed by atoms with E-state index in [1.807, 2.05) is 30.9 Å². The molecule has 1 atom stereocenters. The van der Waals surface area contributed by atoms with Gasteiger partial charge in [0.2, 0.25) is 0 Å². The lowest BCUT2D eigenvalue weighted by Crippen LogP contribution is -2.49. The average Bonchev–Trinajstić information content (AvgIpc) is 3.36. The van der Waals surface area contributed by atoms with Gasteiger partial charge in [-0.2, -0.15) is 13.2 Å². The molecular formula is C27H30F3N7O2. The molecule has 12 heteroatoms. The molecule has 0 spiro atoms. The maximum absolute atomic E-state index is 13.5. The van der Waals surface area contributed by atoms with Crippen LogP contribution in [-0.4, -0.2) is 70.0 Å². The first-order valence-corrected chi connectivity index (χ1v) is 12.7. The van der Waals surface area contributed by atoms with Gasteiger partial charge in [0.1, 0.15) is 6.04 Å². The number of pyridine rings is 1. The number of hydrogen-bond donors (Lipinski definition) is 1. The zero-order valence-electron chi connectivity index (χ0n) is 22.0. The van der Waals surface area contributed by atoms with Crippen molar-refractivity contribution in [3.63, 3.8) is 0 Å². The summed E-state index contributed by atoms with van der Waals surface area (Å²) >= 11 is 0. The highest BCUT2D eigenvalue weighted by atomic mass is 19.4. The molecule has 0 saturated carbocycles. The summed E-state index contributed by atoms with van der Waals surface area (Å²) in [5, 5.41) is 13.3. The second kappa shape index (κ2) is 10.8. The smallest absolute Gasteiger partial charge is 0.383 e. The number of aryl methyl sites for hydroxylation is 2. The van der Waals surface area contributed by atoms with E-state index in [0.717, 1.165) is 28.1 Å². The van der Waals surface area contributed by atoms with E-state index in [0.29, 0.717) is 56.4 Å². The minimum absolute atomic E-state index is 0.237. The summed E-state index contributed by atoms with van der Waals surface area (Å²) in [5.41, 5.74) is 2.96. The number of aromatic nitrogens is 5. The molecule has 1 aliphatic rings. The van der Waals surface area contributed by atoms with Crippen LogP contribution in [0.4, 0.5) is 18.9 Å². The van der Waals surface area contributed by atoms with E-state index in [1.165, 1.54) is 12.1 Å². The molecule has 1 fully saturated rings. The van der Waals surface area contributed by atoms with Crippen molar-refractivity contribution in [1.29, 1.82) is 0 Å². The van der Waals surface area contributed by atoms with Crippen LogP contribution in [0.3, 0.4) is 0 Å². The van der Waals surface area contributed by atoms with Crippen LogP contribution in [0.25, 0.3) is 10.9 Å². The van der Waals surface area contributed by atoms with E-state index in [9.17, 15) is 18.0 Å². The van der Waals surface area contributed by atoms with Gasteiger partial charge in [0.25, 0.3) is 5.56 Å². The summed E-state index contributed by atoms with van der Waals surface area (Å²) in [5.74, 6) is 0.509. The summed E-state index contributed by atoms with van der Waals surface area (Å²) in [6.45, 7) is 6.70. The Kier molecular flexibility index (Phi) is 7.41. The number of ether oxygens (including phenoxy) is 1. The van der Waals surface area contributed by atoms with Gasteiger partial charge in [-0.25, -0.2) is 4.68 Å². The Hall–Kier alpha value is -3.77. The van der Waals surface area contributed by atoms with E-state index in [2.05, 4.69) is 31.5 Å². The van der Waals surface area contributed by atoms with Gasteiger partial charge in [-0.15, -0.1) is 5.10 Å². The van der Waals surface area contributed by atoms with Crippen LogP contribution >= 0.6 is 0 Å². The van der Waals surface area contributed by atoms with Crippen molar-refractivity contribution in [3.8, 4) is 0 Å². The summed E-state index contributed by atoms with van der Waals surface area (Å²) in [4.78, 5) is 20.5. The zero-order valence-corrected chi connectivity index (χ0v) is 22.0. The van der Waals surface area contributed by atoms with Crippen molar-refractivity contribution in [2.24, 2.45) is 0 Å². The molecule has 0 bridgehead atoms. The third-order valence-corrected chi connectivity index (χ3v) is 7.17. The van der Waals surface area contributed by atoms with Crippen molar-refractivity contribution in [1.82, 2.24) is 30.1 Å². The maximum atomic E-state index is 13.5. The predicted octanol–water partition coefficient (Wildman–Crippen LogP) is 3.71. The van der Waals surface area contributed by atoms with Gasteiger partial charge in [0.15, 0.2) is 5.82 Å². The fraction of sp³-hybridized carbons (Fsp3) is 0.407. The second-order valence-corrected chi connectivity index (χ2v) is 9.82. The first kappa shape index (κ1) is 26.8. The fourth-order valence-electron chi connectivity index (χ4n) is 5.25. The highest BCUT2D eigenvalue weighted by molar-refractivity contribution is 5.83. The Balaban J connectivity index is 1.51. The second-order valence-electron chi connectivity index (χ2n) is 9.82. The number of tetrazole rings is 1. The van der Waals surface area contributed by atoms with E-state index in [-0.39, 0.29) is 5.56 Å². The average molecular weight is 542 g/mol. The number of nitrogens with zero attached hydrogens (tertiary/aromatic N) is 6. The molecule has 1 N–H and O–H groups in total. The predicted molar refractivity (Wildman–Crippen MR) is 141 cm³/mol. The third kappa shape index (κ3) is 5.52. The van der Waals surface area contributed by atoms with Crippen molar-refractivity contribution in [3.05, 3.63) is 80.9 Å². The molecule has 2 aromatic carbocycles. The lowest BCUT2D eigenvalue weighted by Gasteiger charge is -2.39. The summed E-state index contributed by atoms with van der Waals surface area (Å²) in [6, 6.07) is 10.7. The summed E-state index contributed by atoms with van der Waals surface area (Å²) in [6.07, 6.45) is -4.41. The number of rotatable bonds is 7. The molecule has 0 radical (unpaired) electrons. The molecule has 4 aromatic rings. The number of hydrogen-bond acceptors (Lipinski definition) is 7. The molecule has 1 saturated heterocycles. The number of fused-ring (bicyclic) bond motifs is 1. The molecule has 1 aliphatic heterocycles. The topological polar surface area (TPSA) is 92.2 Å². The largest absolute Gasteiger partial charge is 0.416 e. The molecule has 0 aliphatic carbocycles. The molecule has 9 nitrogen and oxygen atoms in total. The minimum atomic E-state index is -4.41. The number of alkyl halides is 3. The standard InChI is InChI=1S/C27H30F3N7O2/c1-17-13-18(2)21-16-22(26(38)31-23(21)14-17)24(25-32-33-34-37(25)11-12-39-3)36-9-7-35(8-10-36)20-6-4-5-19(15-20)27(28,29)30/h4-6,13-16,24H,7-12H2,1-3H3,(H,31,38)/t24-/m1/s1. The first-order chi connectivity index (χ1) is 18.7. The number of nitrogens with one attached hydrogen (secondary N) is 1. The maximum Gasteiger partial charge on any atom is 0.416 e. The highest BCUT2D eigenvalue weighted by Crippen LogP contribution is 2.33. The molecule has 2 aromatic heterocycles. The van der Waals surface area contributed by atoms with Crippen LogP contribution in [0.1, 0.15) is 34.1 Å². The van der Waals surface area contributed by atoms with Crippen LogP contribution in [0.5, 0.6) is 0 Å². The number of H-pyrrole nitrogens is 1. The van der Waals surface area contributed by atoms with E-state index >= 15 is 0 Å².